The third-order valence-corrected chi connectivity index (χ3v) is 2.66. The molecule has 2 N–H and O–H groups in total. The van der Waals surface area contributed by atoms with Crippen LogP contribution in [-0.2, 0) is 6.54 Å². The standard InChI is InChI=1S/C10H14N2/c11-7-10-9(5-2-6-12-10)8-3-1-4-8/h2,5-6,8H,1,3-4,7,11H2. The molecule has 0 bridgehead atoms. The third-order valence-electron chi connectivity index (χ3n) is 2.66. The van der Waals surface area contributed by atoms with Gasteiger partial charge in [0.2, 0.25) is 0 Å². The molecule has 64 valence electrons. The van der Waals surface area contributed by atoms with E-state index in [4.69, 9.17) is 5.73 Å². The summed E-state index contributed by atoms with van der Waals surface area (Å²) in [7, 11) is 0. The lowest BCUT2D eigenvalue weighted by atomic mass is 9.79. The molecule has 12 heavy (non-hydrogen) atoms. The van der Waals surface area contributed by atoms with E-state index in [1.54, 1.807) is 0 Å². The number of hydrogen-bond donors (Lipinski definition) is 1. The van der Waals surface area contributed by atoms with Gasteiger partial charge in [-0.3, -0.25) is 4.98 Å². The number of hydrogen-bond acceptors (Lipinski definition) is 2. The molecule has 0 radical (unpaired) electrons. The van der Waals surface area contributed by atoms with Crippen molar-refractivity contribution >= 4 is 0 Å². The summed E-state index contributed by atoms with van der Waals surface area (Å²) in [4.78, 5) is 4.28. The first-order valence-corrected chi connectivity index (χ1v) is 4.55. The van der Waals surface area contributed by atoms with Gasteiger partial charge in [-0.25, -0.2) is 0 Å². The number of aromatic nitrogens is 1. The van der Waals surface area contributed by atoms with E-state index in [9.17, 15) is 0 Å². The predicted molar refractivity (Wildman–Crippen MR) is 48.7 cm³/mol. The largest absolute Gasteiger partial charge is 0.325 e. The van der Waals surface area contributed by atoms with Crippen molar-refractivity contribution in [3.05, 3.63) is 29.6 Å². The minimum absolute atomic E-state index is 0.576. The monoisotopic (exact) mass is 162 g/mol. The molecule has 0 aromatic carbocycles. The van der Waals surface area contributed by atoms with E-state index < -0.39 is 0 Å². The molecule has 2 nitrogen and oxygen atoms in total. The molecular formula is C10H14N2. The van der Waals surface area contributed by atoms with Crippen molar-refractivity contribution in [3.63, 3.8) is 0 Å². The van der Waals surface area contributed by atoms with Gasteiger partial charge < -0.3 is 5.73 Å². The van der Waals surface area contributed by atoms with Crippen LogP contribution in [0.3, 0.4) is 0 Å². The van der Waals surface area contributed by atoms with Crippen LogP contribution in [0.1, 0.15) is 36.4 Å². The van der Waals surface area contributed by atoms with Gasteiger partial charge in [0.15, 0.2) is 0 Å². The van der Waals surface area contributed by atoms with Crippen LogP contribution in [0.15, 0.2) is 18.3 Å². The normalized spacial score (nSPS) is 17.4. The molecule has 0 saturated heterocycles. The van der Waals surface area contributed by atoms with Crippen molar-refractivity contribution in [2.24, 2.45) is 5.73 Å². The van der Waals surface area contributed by atoms with Crippen LogP contribution in [-0.4, -0.2) is 4.98 Å². The predicted octanol–water partition coefficient (Wildman–Crippen LogP) is 1.81. The van der Waals surface area contributed by atoms with Crippen LogP contribution in [0, 0.1) is 0 Å². The SMILES string of the molecule is NCc1ncccc1C1CCC1. The first-order chi connectivity index (χ1) is 5.92. The Morgan fingerprint density at radius 1 is 1.50 bits per heavy atom. The number of pyridine rings is 1. The summed E-state index contributed by atoms with van der Waals surface area (Å²) in [6.07, 6.45) is 5.82. The fraction of sp³-hybridized carbons (Fsp3) is 0.500. The Morgan fingerprint density at radius 2 is 2.33 bits per heavy atom. The average Bonchev–Trinajstić information content (AvgIpc) is 2.02. The molecule has 1 aromatic heterocycles. The maximum Gasteiger partial charge on any atom is 0.0574 e. The summed E-state index contributed by atoms with van der Waals surface area (Å²) in [5.41, 5.74) is 8.07. The first-order valence-electron chi connectivity index (χ1n) is 4.55. The van der Waals surface area contributed by atoms with E-state index in [1.165, 1.54) is 24.8 Å². The molecule has 0 spiro atoms. The second-order valence-corrected chi connectivity index (χ2v) is 3.37. The minimum Gasteiger partial charge on any atom is -0.325 e. The average molecular weight is 162 g/mol. The van der Waals surface area contributed by atoms with Crippen LogP contribution in [0.4, 0.5) is 0 Å². The van der Waals surface area contributed by atoms with Crippen molar-refractivity contribution < 1.29 is 0 Å². The maximum atomic E-state index is 5.60. The van der Waals surface area contributed by atoms with Gasteiger partial charge in [0.1, 0.15) is 0 Å². The second kappa shape index (κ2) is 3.23. The number of nitrogens with zero attached hydrogens (tertiary/aromatic N) is 1. The summed E-state index contributed by atoms with van der Waals surface area (Å²) in [5, 5.41) is 0. The minimum atomic E-state index is 0.576. The van der Waals surface area contributed by atoms with Crippen LogP contribution < -0.4 is 5.73 Å². The van der Waals surface area contributed by atoms with E-state index in [0.717, 1.165) is 11.6 Å². The highest BCUT2D eigenvalue weighted by molar-refractivity contribution is 5.25. The van der Waals surface area contributed by atoms with Crippen molar-refractivity contribution in [2.75, 3.05) is 0 Å². The highest BCUT2D eigenvalue weighted by atomic mass is 14.7. The lowest BCUT2D eigenvalue weighted by Crippen LogP contribution is -2.14. The number of nitrogens with two attached hydrogens (primary N) is 1. The molecule has 1 fully saturated rings. The fourth-order valence-electron chi connectivity index (χ4n) is 1.71. The zero-order chi connectivity index (χ0) is 8.39. The topological polar surface area (TPSA) is 38.9 Å². The molecule has 0 unspecified atom stereocenters. The van der Waals surface area contributed by atoms with E-state index >= 15 is 0 Å². The summed E-state index contributed by atoms with van der Waals surface area (Å²) >= 11 is 0. The molecule has 1 aliphatic carbocycles. The van der Waals surface area contributed by atoms with Crippen molar-refractivity contribution in [2.45, 2.75) is 31.7 Å². The Hall–Kier alpha value is -0.890. The Bertz CT molecular complexity index is 266. The van der Waals surface area contributed by atoms with Gasteiger partial charge in [-0.1, -0.05) is 12.5 Å². The molecule has 1 aromatic rings. The molecule has 1 heterocycles. The molecule has 1 aliphatic rings. The van der Waals surface area contributed by atoms with Crippen molar-refractivity contribution in [1.82, 2.24) is 4.98 Å². The lowest BCUT2D eigenvalue weighted by molar-refractivity contribution is 0.416. The summed E-state index contributed by atoms with van der Waals surface area (Å²) in [6.45, 7) is 0.576. The lowest BCUT2D eigenvalue weighted by Gasteiger charge is -2.26. The zero-order valence-electron chi connectivity index (χ0n) is 7.16. The highest BCUT2D eigenvalue weighted by Crippen LogP contribution is 2.37. The van der Waals surface area contributed by atoms with Crippen molar-refractivity contribution in [1.29, 1.82) is 0 Å². The Kier molecular flexibility index (Phi) is 2.09. The summed E-state index contributed by atoms with van der Waals surface area (Å²) in [6, 6.07) is 4.17. The molecule has 1 saturated carbocycles. The van der Waals surface area contributed by atoms with Gasteiger partial charge >= 0.3 is 0 Å². The number of rotatable bonds is 2. The Morgan fingerprint density at radius 3 is 2.92 bits per heavy atom. The van der Waals surface area contributed by atoms with E-state index in [0.29, 0.717) is 6.54 Å². The van der Waals surface area contributed by atoms with Gasteiger partial charge in [-0.15, -0.1) is 0 Å². The van der Waals surface area contributed by atoms with Crippen LogP contribution in [0.25, 0.3) is 0 Å². The van der Waals surface area contributed by atoms with Crippen LogP contribution >= 0.6 is 0 Å². The van der Waals surface area contributed by atoms with Gasteiger partial charge in [0.25, 0.3) is 0 Å². The van der Waals surface area contributed by atoms with Crippen LogP contribution in [0.2, 0.25) is 0 Å². The molecule has 0 aliphatic heterocycles. The highest BCUT2D eigenvalue weighted by Gasteiger charge is 2.21. The summed E-state index contributed by atoms with van der Waals surface area (Å²) in [5.74, 6) is 0.747. The molecule has 2 rings (SSSR count). The van der Waals surface area contributed by atoms with Crippen LogP contribution in [0.5, 0.6) is 0 Å². The van der Waals surface area contributed by atoms with E-state index in [1.807, 2.05) is 12.3 Å². The van der Waals surface area contributed by atoms with Gasteiger partial charge in [-0.2, -0.15) is 0 Å². The fourth-order valence-corrected chi connectivity index (χ4v) is 1.71. The first kappa shape index (κ1) is 7.74. The van der Waals surface area contributed by atoms with Gasteiger partial charge in [0.05, 0.1) is 5.69 Å². The van der Waals surface area contributed by atoms with Gasteiger partial charge in [-0.05, 0) is 30.4 Å². The maximum absolute atomic E-state index is 5.60. The second-order valence-electron chi connectivity index (χ2n) is 3.37. The van der Waals surface area contributed by atoms with E-state index in [-0.39, 0.29) is 0 Å². The van der Waals surface area contributed by atoms with E-state index in [2.05, 4.69) is 11.1 Å². The molecule has 0 amide bonds. The molecule has 0 atom stereocenters. The quantitative estimate of drug-likeness (QED) is 0.720. The Balaban J connectivity index is 2.27. The zero-order valence-corrected chi connectivity index (χ0v) is 7.16. The summed E-state index contributed by atoms with van der Waals surface area (Å²) < 4.78 is 0. The molecular weight excluding hydrogens is 148 g/mol. The molecule has 2 heteroatoms. The third kappa shape index (κ3) is 1.23. The van der Waals surface area contributed by atoms with Crippen molar-refractivity contribution in [3.8, 4) is 0 Å². The smallest absolute Gasteiger partial charge is 0.0574 e. The van der Waals surface area contributed by atoms with Gasteiger partial charge in [0, 0.05) is 12.7 Å². The Labute approximate surface area is 72.8 Å².